The molecular weight excluding hydrogens is 368 g/mol. The molecule has 4 rings (SSSR count). The van der Waals surface area contributed by atoms with Gasteiger partial charge in [0.15, 0.2) is 0 Å². The SMILES string of the molecule is O=[N+]([O-])c1cc(-c2ncco2)cc(-c2cc(-c3ncco3)ccc2[N+](=O)[O-])c1. The molecule has 2 aromatic heterocycles. The van der Waals surface area contributed by atoms with Gasteiger partial charge in [0.05, 0.1) is 27.8 Å². The highest BCUT2D eigenvalue weighted by Gasteiger charge is 2.21. The van der Waals surface area contributed by atoms with Crippen molar-refractivity contribution in [2.75, 3.05) is 0 Å². The maximum atomic E-state index is 11.5. The molecule has 0 bridgehead atoms. The van der Waals surface area contributed by atoms with Crippen molar-refractivity contribution in [2.24, 2.45) is 0 Å². The van der Waals surface area contributed by atoms with Crippen LogP contribution in [0.5, 0.6) is 0 Å². The number of nitrogens with zero attached hydrogens (tertiary/aromatic N) is 4. The molecule has 0 saturated heterocycles. The lowest BCUT2D eigenvalue weighted by Gasteiger charge is -2.07. The van der Waals surface area contributed by atoms with Gasteiger partial charge in [0, 0.05) is 29.3 Å². The van der Waals surface area contributed by atoms with E-state index in [1.54, 1.807) is 6.07 Å². The normalized spacial score (nSPS) is 10.7. The average Bonchev–Trinajstić information content (AvgIpc) is 3.41. The van der Waals surface area contributed by atoms with E-state index in [9.17, 15) is 20.2 Å². The monoisotopic (exact) mass is 378 g/mol. The van der Waals surface area contributed by atoms with E-state index < -0.39 is 9.85 Å². The average molecular weight is 378 g/mol. The second-order valence-electron chi connectivity index (χ2n) is 5.69. The van der Waals surface area contributed by atoms with Gasteiger partial charge in [-0.1, -0.05) is 0 Å². The van der Waals surface area contributed by atoms with Crippen LogP contribution in [0.3, 0.4) is 0 Å². The number of rotatable bonds is 5. The Morgan fingerprint density at radius 1 is 0.750 bits per heavy atom. The molecule has 4 aromatic rings. The number of benzene rings is 2. The minimum absolute atomic E-state index is 0.163. The summed E-state index contributed by atoms with van der Waals surface area (Å²) in [6, 6.07) is 8.40. The maximum absolute atomic E-state index is 11.5. The summed E-state index contributed by atoms with van der Waals surface area (Å²) in [5.74, 6) is 0.436. The van der Waals surface area contributed by atoms with Crippen LogP contribution in [-0.2, 0) is 0 Å². The third-order valence-corrected chi connectivity index (χ3v) is 3.99. The molecule has 0 aliphatic rings. The van der Waals surface area contributed by atoms with E-state index in [4.69, 9.17) is 8.83 Å². The van der Waals surface area contributed by atoms with Crippen LogP contribution in [0, 0.1) is 20.2 Å². The smallest absolute Gasteiger partial charge is 0.277 e. The predicted octanol–water partition coefficient (Wildman–Crippen LogP) is 4.48. The molecule has 0 aliphatic heterocycles. The number of oxazole rings is 2. The quantitative estimate of drug-likeness (QED) is 0.366. The van der Waals surface area contributed by atoms with Gasteiger partial charge < -0.3 is 8.83 Å². The van der Waals surface area contributed by atoms with Crippen molar-refractivity contribution in [1.29, 1.82) is 0 Å². The van der Waals surface area contributed by atoms with Crippen molar-refractivity contribution in [3.63, 3.8) is 0 Å². The van der Waals surface area contributed by atoms with Gasteiger partial charge in [-0.25, -0.2) is 9.97 Å². The molecule has 0 saturated carbocycles. The topological polar surface area (TPSA) is 138 Å². The first kappa shape index (κ1) is 17.1. The molecule has 2 aromatic carbocycles. The summed E-state index contributed by atoms with van der Waals surface area (Å²) in [5.41, 5.74) is 0.801. The zero-order valence-corrected chi connectivity index (χ0v) is 14.0. The van der Waals surface area contributed by atoms with Crippen LogP contribution in [0.2, 0.25) is 0 Å². The lowest BCUT2D eigenvalue weighted by molar-refractivity contribution is -0.385. The molecule has 10 heteroatoms. The number of hydrogen-bond acceptors (Lipinski definition) is 8. The Labute approximate surface area is 156 Å². The Morgan fingerprint density at radius 3 is 1.96 bits per heavy atom. The predicted molar refractivity (Wildman–Crippen MR) is 96.2 cm³/mol. The Kier molecular flexibility index (Phi) is 4.13. The summed E-state index contributed by atoms with van der Waals surface area (Å²) < 4.78 is 10.5. The number of non-ortho nitro benzene ring substituents is 1. The van der Waals surface area contributed by atoms with Gasteiger partial charge in [-0.15, -0.1) is 0 Å². The first-order chi connectivity index (χ1) is 13.5. The van der Waals surface area contributed by atoms with E-state index in [0.717, 1.165) is 0 Å². The number of nitro groups is 2. The van der Waals surface area contributed by atoms with E-state index in [-0.39, 0.29) is 34.3 Å². The van der Waals surface area contributed by atoms with Gasteiger partial charge in [-0.05, 0) is 23.8 Å². The molecule has 10 nitrogen and oxygen atoms in total. The minimum Gasteiger partial charge on any atom is -0.445 e. The van der Waals surface area contributed by atoms with Gasteiger partial charge >= 0.3 is 0 Å². The molecule has 0 unspecified atom stereocenters. The number of nitro benzene ring substituents is 2. The highest BCUT2D eigenvalue weighted by atomic mass is 16.6. The summed E-state index contributed by atoms with van der Waals surface area (Å²) in [5, 5.41) is 22.9. The molecule has 28 heavy (non-hydrogen) atoms. The Morgan fingerprint density at radius 2 is 1.39 bits per heavy atom. The van der Waals surface area contributed by atoms with Gasteiger partial charge in [-0.3, -0.25) is 20.2 Å². The van der Waals surface area contributed by atoms with E-state index in [1.807, 2.05) is 0 Å². The van der Waals surface area contributed by atoms with Crippen molar-refractivity contribution in [3.05, 3.63) is 81.5 Å². The fourth-order valence-electron chi connectivity index (χ4n) is 2.79. The van der Waals surface area contributed by atoms with E-state index in [0.29, 0.717) is 11.1 Å². The summed E-state index contributed by atoms with van der Waals surface area (Å²) in [7, 11) is 0. The molecule has 0 amide bonds. The van der Waals surface area contributed by atoms with E-state index in [2.05, 4.69) is 9.97 Å². The zero-order valence-electron chi connectivity index (χ0n) is 14.0. The van der Waals surface area contributed by atoms with Crippen molar-refractivity contribution >= 4 is 11.4 Å². The Bertz CT molecular complexity index is 1170. The van der Waals surface area contributed by atoms with Crippen LogP contribution in [0.25, 0.3) is 34.0 Å². The number of aromatic nitrogens is 2. The Hall–Kier alpha value is -4.34. The lowest BCUT2D eigenvalue weighted by atomic mass is 9.98. The zero-order chi connectivity index (χ0) is 19.7. The summed E-state index contributed by atoms with van der Waals surface area (Å²) in [6.07, 6.45) is 5.56. The Balaban J connectivity index is 1.95. The summed E-state index contributed by atoms with van der Waals surface area (Å²) in [4.78, 5) is 29.8. The molecular formula is C18H10N4O6. The van der Waals surface area contributed by atoms with Gasteiger partial charge in [0.1, 0.15) is 12.5 Å². The van der Waals surface area contributed by atoms with Crippen LogP contribution in [0.15, 0.2) is 70.2 Å². The fourth-order valence-corrected chi connectivity index (χ4v) is 2.79. The second-order valence-corrected chi connectivity index (χ2v) is 5.69. The molecule has 2 heterocycles. The summed E-state index contributed by atoms with van der Waals surface area (Å²) in [6.45, 7) is 0. The third kappa shape index (κ3) is 3.09. The maximum Gasteiger partial charge on any atom is 0.277 e. The molecule has 0 atom stereocenters. The van der Waals surface area contributed by atoms with Gasteiger partial charge in [0.25, 0.3) is 11.4 Å². The largest absolute Gasteiger partial charge is 0.445 e. The van der Waals surface area contributed by atoms with Crippen molar-refractivity contribution in [3.8, 4) is 34.0 Å². The second kappa shape index (κ2) is 6.76. The highest BCUT2D eigenvalue weighted by Crippen LogP contribution is 2.37. The van der Waals surface area contributed by atoms with Crippen molar-refractivity contribution < 1.29 is 18.7 Å². The molecule has 0 spiro atoms. The van der Waals surface area contributed by atoms with Crippen LogP contribution >= 0.6 is 0 Å². The van der Waals surface area contributed by atoms with Crippen molar-refractivity contribution in [2.45, 2.75) is 0 Å². The minimum atomic E-state index is -0.584. The third-order valence-electron chi connectivity index (χ3n) is 3.99. The lowest BCUT2D eigenvalue weighted by Crippen LogP contribution is -1.95. The van der Waals surface area contributed by atoms with Crippen molar-refractivity contribution in [1.82, 2.24) is 9.97 Å². The molecule has 0 radical (unpaired) electrons. The molecule has 0 N–H and O–H groups in total. The van der Waals surface area contributed by atoms with Crippen LogP contribution in [0.1, 0.15) is 0 Å². The van der Waals surface area contributed by atoms with Crippen LogP contribution in [0.4, 0.5) is 11.4 Å². The van der Waals surface area contributed by atoms with Gasteiger partial charge in [0.2, 0.25) is 11.8 Å². The first-order valence-electron chi connectivity index (χ1n) is 7.91. The molecule has 138 valence electrons. The van der Waals surface area contributed by atoms with Gasteiger partial charge in [-0.2, -0.15) is 0 Å². The highest BCUT2D eigenvalue weighted by molar-refractivity contribution is 5.82. The van der Waals surface area contributed by atoms with E-state index >= 15 is 0 Å². The molecule has 0 aliphatic carbocycles. The first-order valence-corrected chi connectivity index (χ1v) is 7.91. The fraction of sp³-hybridized carbons (Fsp3) is 0. The van der Waals surface area contributed by atoms with Crippen LogP contribution < -0.4 is 0 Å². The summed E-state index contributed by atoms with van der Waals surface area (Å²) >= 11 is 0. The van der Waals surface area contributed by atoms with Crippen LogP contribution in [-0.4, -0.2) is 19.8 Å². The standard InChI is InChI=1S/C18H10N4O6/c23-21(24)14-8-12(7-13(9-14)18-20-4-6-28-18)15-10-11(17-19-3-5-27-17)1-2-16(15)22(25)26/h1-10H. The number of hydrogen-bond donors (Lipinski definition) is 0. The molecule has 0 fully saturated rings. The van der Waals surface area contributed by atoms with E-state index in [1.165, 1.54) is 55.3 Å².